The van der Waals surface area contributed by atoms with Gasteiger partial charge in [0.1, 0.15) is 3.57 Å². The minimum atomic E-state index is -0.201. The number of benzene rings is 1. The van der Waals surface area contributed by atoms with Crippen LogP contribution in [0.2, 0.25) is 10.0 Å². The summed E-state index contributed by atoms with van der Waals surface area (Å²) in [6.45, 7) is 0. The molecule has 88 valence electrons. The Bertz CT molecular complexity index is 615. The van der Waals surface area contributed by atoms with E-state index in [1.54, 1.807) is 18.2 Å². The van der Waals surface area contributed by atoms with Gasteiger partial charge in [0, 0.05) is 5.02 Å². The molecule has 0 aliphatic heterocycles. The van der Waals surface area contributed by atoms with Crippen molar-refractivity contribution in [1.82, 2.24) is 9.97 Å². The molecule has 0 atom stereocenters. The summed E-state index contributed by atoms with van der Waals surface area (Å²) in [7, 11) is 0. The van der Waals surface area contributed by atoms with Crippen molar-refractivity contribution in [2.75, 3.05) is 5.32 Å². The van der Waals surface area contributed by atoms with E-state index in [0.717, 1.165) is 0 Å². The Hall–Kier alpha value is -0.790. The lowest BCUT2D eigenvalue weighted by molar-refractivity contribution is 1.10. The Labute approximate surface area is 121 Å². The summed E-state index contributed by atoms with van der Waals surface area (Å²) in [4.78, 5) is 17.9. The van der Waals surface area contributed by atoms with Crippen LogP contribution in [0.1, 0.15) is 0 Å². The van der Waals surface area contributed by atoms with E-state index >= 15 is 0 Å². The number of halogens is 3. The average Bonchev–Trinajstić information content (AvgIpc) is 2.28. The lowest BCUT2D eigenvalue weighted by atomic mass is 10.3. The fraction of sp³-hybridized carbons (Fsp3) is 0. The number of nitrogens with one attached hydrogen (secondary N) is 2. The highest BCUT2D eigenvalue weighted by Crippen LogP contribution is 2.28. The van der Waals surface area contributed by atoms with E-state index in [4.69, 9.17) is 23.2 Å². The Balaban J connectivity index is 2.38. The highest BCUT2D eigenvalue weighted by Gasteiger charge is 2.07. The number of aromatic amines is 1. The Morgan fingerprint density at radius 3 is 2.82 bits per heavy atom. The van der Waals surface area contributed by atoms with Gasteiger partial charge in [0.05, 0.1) is 17.0 Å². The number of hydrogen-bond donors (Lipinski definition) is 2. The van der Waals surface area contributed by atoms with Gasteiger partial charge < -0.3 is 10.3 Å². The molecule has 0 radical (unpaired) electrons. The normalized spacial score (nSPS) is 10.3. The van der Waals surface area contributed by atoms with E-state index in [1.165, 1.54) is 6.33 Å². The minimum Gasteiger partial charge on any atom is -0.338 e. The number of rotatable bonds is 2. The first-order valence-corrected chi connectivity index (χ1v) is 6.36. The van der Waals surface area contributed by atoms with E-state index in [1.807, 2.05) is 22.6 Å². The predicted molar refractivity (Wildman–Crippen MR) is 77.3 cm³/mol. The third kappa shape index (κ3) is 2.91. The highest BCUT2D eigenvalue weighted by molar-refractivity contribution is 14.1. The zero-order chi connectivity index (χ0) is 12.4. The first kappa shape index (κ1) is 12.7. The summed E-state index contributed by atoms with van der Waals surface area (Å²) in [6, 6.07) is 5.05. The van der Waals surface area contributed by atoms with E-state index in [2.05, 4.69) is 15.3 Å². The third-order valence-corrected chi connectivity index (χ3v) is 3.53. The minimum absolute atomic E-state index is 0.201. The van der Waals surface area contributed by atoms with Crippen molar-refractivity contribution in [2.24, 2.45) is 0 Å². The van der Waals surface area contributed by atoms with Crippen LogP contribution in [0.3, 0.4) is 0 Å². The quantitative estimate of drug-likeness (QED) is 0.783. The molecule has 2 N–H and O–H groups in total. The standard InChI is InChI=1S/C10H6Cl2IN3O/c11-5-1-2-7(6(12)3-5)16-9-8(13)10(17)15-4-14-9/h1-4H,(H2,14,15,16,17). The summed E-state index contributed by atoms with van der Waals surface area (Å²) in [5.74, 6) is 0.457. The number of aromatic nitrogens is 2. The zero-order valence-electron chi connectivity index (χ0n) is 8.30. The smallest absolute Gasteiger partial charge is 0.266 e. The molecule has 1 heterocycles. The summed E-state index contributed by atoms with van der Waals surface area (Å²) >= 11 is 13.7. The molecule has 1 aromatic heterocycles. The summed E-state index contributed by atoms with van der Waals surface area (Å²) in [6.07, 6.45) is 1.33. The molecule has 2 aromatic rings. The van der Waals surface area contributed by atoms with Gasteiger partial charge in [0.2, 0.25) is 0 Å². The van der Waals surface area contributed by atoms with Crippen LogP contribution in [0.4, 0.5) is 11.5 Å². The summed E-state index contributed by atoms with van der Waals surface area (Å²) < 4.78 is 0.469. The molecule has 0 amide bonds. The van der Waals surface area contributed by atoms with E-state index in [9.17, 15) is 4.79 Å². The van der Waals surface area contributed by atoms with Gasteiger partial charge in [-0.1, -0.05) is 23.2 Å². The van der Waals surface area contributed by atoms with Gasteiger partial charge in [0.25, 0.3) is 5.56 Å². The van der Waals surface area contributed by atoms with Crippen LogP contribution < -0.4 is 10.9 Å². The van der Waals surface area contributed by atoms with Crippen LogP contribution in [0.15, 0.2) is 29.3 Å². The molecular formula is C10H6Cl2IN3O. The van der Waals surface area contributed by atoms with Gasteiger partial charge in [0.15, 0.2) is 5.82 Å². The fourth-order valence-electron chi connectivity index (χ4n) is 1.19. The van der Waals surface area contributed by atoms with Gasteiger partial charge in [-0.15, -0.1) is 0 Å². The lowest BCUT2D eigenvalue weighted by Gasteiger charge is -2.08. The predicted octanol–water partition coefficient (Wildman–Crippen LogP) is 3.42. The Morgan fingerprint density at radius 2 is 2.12 bits per heavy atom. The first-order chi connectivity index (χ1) is 8.08. The van der Waals surface area contributed by atoms with Crippen molar-refractivity contribution < 1.29 is 0 Å². The van der Waals surface area contributed by atoms with Crippen molar-refractivity contribution in [2.45, 2.75) is 0 Å². The molecule has 1 aromatic carbocycles. The van der Waals surface area contributed by atoms with Gasteiger partial charge in [-0.25, -0.2) is 4.98 Å². The molecule has 0 bridgehead atoms. The van der Waals surface area contributed by atoms with Gasteiger partial charge in [-0.2, -0.15) is 0 Å². The molecule has 0 spiro atoms. The second-order valence-electron chi connectivity index (χ2n) is 3.14. The SMILES string of the molecule is O=c1[nH]cnc(Nc2ccc(Cl)cc2Cl)c1I. The third-order valence-electron chi connectivity index (χ3n) is 1.98. The summed E-state index contributed by atoms with van der Waals surface area (Å²) in [5.41, 5.74) is 0.445. The number of nitrogens with zero attached hydrogens (tertiary/aromatic N) is 1. The molecule has 0 saturated carbocycles. The van der Waals surface area contributed by atoms with Crippen molar-refractivity contribution in [1.29, 1.82) is 0 Å². The van der Waals surface area contributed by atoms with Crippen LogP contribution in [0.25, 0.3) is 0 Å². The topological polar surface area (TPSA) is 57.8 Å². The lowest BCUT2D eigenvalue weighted by Crippen LogP contribution is -2.13. The van der Waals surface area contributed by atoms with Crippen LogP contribution >= 0.6 is 45.8 Å². The van der Waals surface area contributed by atoms with Crippen LogP contribution in [0, 0.1) is 3.57 Å². The maximum absolute atomic E-state index is 11.4. The van der Waals surface area contributed by atoms with Crippen molar-refractivity contribution in [3.63, 3.8) is 0 Å². The van der Waals surface area contributed by atoms with Gasteiger partial charge in [-0.3, -0.25) is 4.79 Å². The van der Waals surface area contributed by atoms with Crippen molar-refractivity contribution in [3.8, 4) is 0 Å². The van der Waals surface area contributed by atoms with Crippen molar-refractivity contribution >= 4 is 57.3 Å². The Morgan fingerprint density at radius 1 is 1.35 bits per heavy atom. The zero-order valence-corrected chi connectivity index (χ0v) is 12.0. The van der Waals surface area contributed by atoms with Crippen LogP contribution in [-0.4, -0.2) is 9.97 Å². The molecular weight excluding hydrogens is 376 g/mol. The molecule has 0 aliphatic rings. The fourth-order valence-corrected chi connectivity index (χ4v) is 2.07. The average molecular weight is 382 g/mol. The Kier molecular flexibility index (Phi) is 3.90. The van der Waals surface area contributed by atoms with Crippen LogP contribution in [-0.2, 0) is 0 Å². The molecule has 0 saturated heterocycles. The molecule has 0 unspecified atom stereocenters. The molecule has 4 nitrogen and oxygen atoms in total. The second kappa shape index (κ2) is 5.24. The van der Waals surface area contributed by atoms with E-state index in [0.29, 0.717) is 25.1 Å². The van der Waals surface area contributed by atoms with E-state index < -0.39 is 0 Å². The number of H-pyrrole nitrogens is 1. The van der Waals surface area contributed by atoms with Crippen LogP contribution in [0.5, 0.6) is 0 Å². The maximum atomic E-state index is 11.4. The van der Waals surface area contributed by atoms with Gasteiger partial charge in [-0.05, 0) is 40.8 Å². The van der Waals surface area contributed by atoms with Crippen molar-refractivity contribution in [3.05, 3.63) is 48.5 Å². The van der Waals surface area contributed by atoms with E-state index in [-0.39, 0.29) is 5.56 Å². The summed E-state index contributed by atoms with van der Waals surface area (Å²) in [5, 5.41) is 4.00. The second-order valence-corrected chi connectivity index (χ2v) is 5.07. The van der Waals surface area contributed by atoms with Gasteiger partial charge >= 0.3 is 0 Å². The molecule has 0 fully saturated rings. The maximum Gasteiger partial charge on any atom is 0.266 e. The first-order valence-electron chi connectivity index (χ1n) is 4.53. The molecule has 17 heavy (non-hydrogen) atoms. The molecule has 0 aliphatic carbocycles. The number of anilines is 2. The number of hydrogen-bond acceptors (Lipinski definition) is 3. The highest BCUT2D eigenvalue weighted by atomic mass is 127. The molecule has 7 heteroatoms. The monoisotopic (exact) mass is 381 g/mol. The largest absolute Gasteiger partial charge is 0.338 e. The molecule has 2 rings (SSSR count).